The van der Waals surface area contributed by atoms with Crippen molar-refractivity contribution in [2.45, 2.75) is 70.9 Å². The number of carbonyl (C=O) groups is 1. The third-order valence-corrected chi connectivity index (χ3v) is 5.71. The molecule has 35 heavy (non-hydrogen) atoms. The van der Waals surface area contributed by atoms with E-state index in [9.17, 15) is 23.0 Å². The zero-order valence-electron chi connectivity index (χ0n) is 20.6. The standard InChI is InChI=1S/C25H32BF3N2O4/c1-23(2,3)34-22(32)31-19(11-8-16-6-9-17(10-7-16)25(27,28)29)15-30-18-12-13-20-21(14-18)26(33)35-24(20,4)5/h6-7,9-10,12-14,19,30,33H,8,11,15H2,1-5H3,(H,31,32)/t19-/m1/s1. The minimum atomic E-state index is -4.38. The van der Waals surface area contributed by atoms with E-state index in [2.05, 4.69) is 10.6 Å². The van der Waals surface area contributed by atoms with Gasteiger partial charge in [-0.15, -0.1) is 0 Å². The van der Waals surface area contributed by atoms with Crippen LogP contribution in [0.3, 0.4) is 0 Å². The van der Waals surface area contributed by atoms with E-state index in [4.69, 9.17) is 9.39 Å². The Hall–Kier alpha value is -2.72. The molecule has 2 aromatic rings. The van der Waals surface area contributed by atoms with E-state index >= 15 is 0 Å². The van der Waals surface area contributed by atoms with Gasteiger partial charge >= 0.3 is 19.4 Å². The Bertz CT molecular complexity index is 1040. The molecule has 0 aliphatic carbocycles. The number of nitrogens with one attached hydrogen (secondary N) is 2. The Morgan fingerprint density at radius 2 is 1.80 bits per heavy atom. The van der Waals surface area contributed by atoms with Crippen LogP contribution in [-0.2, 0) is 27.6 Å². The summed E-state index contributed by atoms with van der Waals surface area (Å²) in [6.07, 6.45) is -4.02. The number of hydrogen-bond donors (Lipinski definition) is 3. The number of rotatable bonds is 7. The van der Waals surface area contributed by atoms with Gasteiger partial charge in [-0.1, -0.05) is 18.2 Å². The van der Waals surface area contributed by atoms with Crippen LogP contribution in [0, 0.1) is 0 Å². The first-order chi connectivity index (χ1) is 16.1. The van der Waals surface area contributed by atoms with Gasteiger partial charge in [0.25, 0.3) is 0 Å². The Balaban J connectivity index is 1.68. The Morgan fingerprint density at radius 1 is 1.14 bits per heavy atom. The molecule has 0 unspecified atom stereocenters. The summed E-state index contributed by atoms with van der Waals surface area (Å²) < 4.78 is 49.5. The van der Waals surface area contributed by atoms with Crippen molar-refractivity contribution < 1.29 is 32.4 Å². The number of fused-ring (bicyclic) bond motifs is 1. The molecular formula is C25H32BF3N2O4. The van der Waals surface area contributed by atoms with E-state index < -0.39 is 36.2 Å². The zero-order chi connectivity index (χ0) is 26.0. The van der Waals surface area contributed by atoms with Gasteiger partial charge in [0.1, 0.15) is 5.60 Å². The van der Waals surface area contributed by atoms with Crippen LogP contribution in [0.5, 0.6) is 0 Å². The van der Waals surface area contributed by atoms with Crippen LogP contribution in [0.15, 0.2) is 42.5 Å². The average Bonchev–Trinajstić information content (AvgIpc) is 2.96. The van der Waals surface area contributed by atoms with Crippen molar-refractivity contribution in [1.29, 1.82) is 0 Å². The highest BCUT2D eigenvalue weighted by Gasteiger charge is 2.40. The number of alkyl halides is 3. The van der Waals surface area contributed by atoms with Gasteiger partial charge in [0, 0.05) is 18.3 Å². The molecule has 10 heteroatoms. The fourth-order valence-corrected chi connectivity index (χ4v) is 3.97. The molecule has 190 valence electrons. The number of anilines is 1. The molecule has 2 aromatic carbocycles. The topological polar surface area (TPSA) is 79.8 Å². The van der Waals surface area contributed by atoms with Crippen molar-refractivity contribution in [1.82, 2.24) is 5.32 Å². The van der Waals surface area contributed by atoms with E-state index in [1.807, 2.05) is 32.0 Å². The minimum Gasteiger partial charge on any atom is -0.444 e. The van der Waals surface area contributed by atoms with E-state index in [0.717, 1.165) is 28.9 Å². The molecule has 1 amide bonds. The number of alkyl carbamates (subject to hydrolysis) is 1. The Morgan fingerprint density at radius 3 is 2.40 bits per heavy atom. The molecule has 3 N–H and O–H groups in total. The van der Waals surface area contributed by atoms with E-state index in [-0.39, 0.29) is 6.04 Å². The number of hydrogen-bond acceptors (Lipinski definition) is 5. The fraction of sp³-hybridized carbons (Fsp3) is 0.480. The maximum absolute atomic E-state index is 12.8. The average molecular weight is 492 g/mol. The quantitative estimate of drug-likeness (QED) is 0.493. The lowest BCUT2D eigenvalue weighted by molar-refractivity contribution is -0.137. The molecule has 0 radical (unpaired) electrons. The van der Waals surface area contributed by atoms with Gasteiger partial charge in [-0.25, -0.2) is 4.79 Å². The van der Waals surface area contributed by atoms with E-state index in [1.165, 1.54) is 12.1 Å². The summed E-state index contributed by atoms with van der Waals surface area (Å²) in [4.78, 5) is 12.4. The molecule has 0 fully saturated rings. The monoisotopic (exact) mass is 492 g/mol. The molecule has 0 saturated heterocycles. The smallest absolute Gasteiger partial charge is 0.444 e. The number of amides is 1. The van der Waals surface area contributed by atoms with Gasteiger partial charge in [0.05, 0.1) is 11.2 Å². The maximum Gasteiger partial charge on any atom is 0.492 e. The summed E-state index contributed by atoms with van der Waals surface area (Å²) in [6.45, 7) is 9.41. The van der Waals surface area contributed by atoms with Crippen molar-refractivity contribution in [3.8, 4) is 0 Å². The second kappa shape index (κ2) is 10.1. The molecule has 1 aliphatic heterocycles. The highest BCUT2D eigenvalue weighted by atomic mass is 19.4. The third-order valence-electron chi connectivity index (χ3n) is 5.71. The van der Waals surface area contributed by atoms with E-state index in [1.54, 1.807) is 20.8 Å². The van der Waals surface area contributed by atoms with Gasteiger partial charge < -0.3 is 25.0 Å². The van der Waals surface area contributed by atoms with Crippen molar-refractivity contribution >= 4 is 24.4 Å². The highest BCUT2D eigenvalue weighted by Crippen LogP contribution is 2.31. The molecule has 1 heterocycles. The van der Waals surface area contributed by atoms with Crippen LogP contribution < -0.4 is 16.1 Å². The van der Waals surface area contributed by atoms with Crippen molar-refractivity contribution in [2.24, 2.45) is 0 Å². The number of carbonyl (C=O) groups excluding carboxylic acids is 1. The summed E-state index contributed by atoms with van der Waals surface area (Å²) in [7, 11) is -1.02. The highest BCUT2D eigenvalue weighted by molar-refractivity contribution is 6.62. The van der Waals surface area contributed by atoms with Crippen molar-refractivity contribution in [2.75, 3.05) is 11.9 Å². The molecule has 0 saturated carbocycles. The predicted molar refractivity (Wildman–Crippen MR) is 130 cm³/mol. The fourth-order valence-electron chi connectivity index (χ4n) is 3.97. The summed E-state index contributed by atoms with van der Waals surface area (Å²) in [6, 6.07) is 10.2. The molecule has 0 aromatic heterocycles. The second-order valence-electron chi connectivity index (χ2n) is 10.2. The van der Waals surface area contributed by atoms with Gasteiger partial charge in [-0.3, -0.25) is 0 Å². The number of aryl methyl sites for hydroxylation is 1. The second-order valence-corrected chi connectivity index (χ2v) is 10.2. The maximum atomic E-state index is 12.8. The summed E-state index contributed by atoms with van der Waals surface area (Å²) >= 11 is 0. The van der Waals surface area contributed by atoms with Crippen LogP contribution >= 0.6 is 0 Å². The first kappa shape index (κ1) is 26.9. The van der Waals surface area contributed by atoms with Gasteiger partial charge in [0.2, 0.25) is 0 Å². The lowest BCUT2D eigenvalue weighted by Gasteiger charge is -2.24. The number of halogens is 3. The molecular weight excluding hydrogens is 460 g/mol. The zero-order valence-corrected chi connectivity index (χ0v) is 20.6. The summed E-state index contributed by atoms with van der Waals surface area (Å²) in [5.74, 6) is 0. The molecule has 1 aliphatic rings. The summed E-state index contributed by atoms with van der Waals surface area (Å²) in [5, 5.41) is 16.3. The third kappa shape index (κ3) is 7.38. The Labute approximate surface area is 204 Å². The number of benzene rings is 2. The molecule has 1 atom stereocenters. The molecule has 0 bridgehead atoms. The van der Waals surface area contributed by atoms with Crippen molar-refractivity contribution in [3.63, 3.8) is 0 Å². The summed E-state index contributed by atoms with van der Waals surface area (Å²) in [5.41, 5.74) is 1.11. The van der Waals surface area contributed by atoms with Crippen LogP contribution in [0.4, 0.5) is 23.7 Å². The minimum absolute atomic E-state index is 0.346. The lowest BCUT2D eigenvalue weighted by Crippen LogP contribution is -2.43. The molecule has 3 rings (SSSR count). The van der Waals surface area contributed by atoms with Gasteiger partial charge in [0.15, 0.2) is 0 Å². The molecule has 0 spiro atoms. The van der Waals surface area contributed by atoms with Crippen LogP contribution in [0.25, 0.3) is 0 Å². The largest absolute Gasteiger partial charge is 0.492 e. The molecule has 6 nitrogen and oxygen atoms in total. The van der Waals surface area contributed by atoms with Crippen LogP contribution in [0.2, 0.25) is 0 Å². The van der Waals surface area contributed by atoms with Crippen molar-refractivity contribution in [3.05, 3.63) is 59.2 Å². The lowest BCUT2D eigenvalue weighted by atomic mass is 9.78. The normalized spacial score (nSPS) is 16.0. The SMILES string of the molecule is CC(C)(C)OC(=O)N[C@H](CCc1ccc(C(F)(F)F)cc1)CNc1ccc2c(c1)B(O)OC2(C)C. The first-order valence-corrected chi connectivity index (χ1v) is 11.5. The van der Waals surface area contributed by atoms with Gasteiger partial charge in [-0.2, -0.15) is 13.2 Å². The van der Waals surface area contributed by atoms with Crippen LogP contribution in [0.1, 0.15) is 57.7 Å². The van der Waals surface area contributed by atoms with Crippen LogP contribution in [-0.4, -0.2) is 36.4 Å². The first-order valence-electron chi connectivity index (χ1n) is 11.5. The predicted octanol–water partition coefficient (Wildman–Crippen LogP) is 4.60. The Kier molecular flexibility index (Phi) is 7.76. The van der Waals surface area contributed by atoms with Gasteiger partial charge in [-0.05, 0) is 88.3 Å². The van der Waals surface area contributed by atoms with E-state index in [0.29, 0.717) is 24.8 Å². The number of ether oxygens (including phenoxy) is 1.